The fraction of sp³-hybridized carbons (Fsp3) is 0.765. The van der Waals surface area contributed by atoms with Gasteiger partial charge in [0.1, 0.15) is 16.8 Å². The molecule has 1 aromatic heterocycles. The lowest BCUT2D eigenvalue weighted by Gasteiger charge is -2.34. The smallest absolute Gasteiger partial charge is 0.135 e. The number of hydrogen-bond acceptors (Lipinski definition) is 4. The minimum Gasteiger partial charge on any atom is -0.356 e. The SMILES string of the molecule is Clc1cc(N2CCC(CN3CCCC3)CC2)nc(C2CC2)n1. The molecule has 2 saturated heterocycles. The van der Waals surface area contributed by atoms with E-state index in [9.17, 15) is 0 Å². The van der Waals surface area contributed by atoms with E-state index in [-0.39, 0.29) is 0 Å². The summed E-state index contributed by atoms with van der Waals surface area (Å²) in [7, 11) is 0. The average molecular weight is 321 g/mol. The van der Waals surface area contributed by atoms with Crippen LogP contribution in [0.5, 0.6) is 0 Å². The van der Waals surface area contributed by atoms with Crippen LogP contribution in [0.25, 0.3) is 0 Å². The van der Waals surface area contributed by atoms with Gasteiger partial charge in [-0.1, -0.05) is 11.6 Å². The Bertz CT molecular complexity index is 517. The predicted octanol–water partition coefficient (Wildman–Crippen LogP) is 3.32. The molecule has 3 heterocycles. The lowest BCUT2D eigenvalue weighted by Crippen LogP contribution is -2.38. The standard InChI is InChI=1S/C17H25ClN4/c18-15-11-16(20-17(19-15)14-3-4-14)22-9-5-13(6-10-22)12-21-7-1-2-8-21/h11,13-14H,1-10,12H2. The Kier molecular flexibility index (Phi) is 4.23. The highest BCUT2D eigenvalue weighted by Gasteiger charge is 2.29. The third-order valence-electron chi connectivity index (χ3n) is 5.29. The van der Waals surface area contributed by atoms with Gasteiger partial charge in [0.15, 0.2) is 0 Å². The first kappa shape index (κ1) is 14.7. The summed E-state index contributed by atoms with van der Waals surface area (Å²) < 4.78 is 0. The highest BCUT2D eigenvalue weighted by atomic mass is 35.5. The first-order valence-electron chi connectivity index (χ1n) is 8.80. The molecule has 4 rings (SSSR count). The van der Waals surface area contributed by atoms with Gasteiger partial charge in [-0.15, -0.1) is 0 Å². The second-order valence-electron chi connectivity index (χ2n) is 7.12. The molecule has 4 nitrogen and oxygen atoms in total. The minimum atomic E-state index is 0.560. The summed E-state index contributed by atoms with van der Waals surface area (Å²) in [4.78, 5) is 14.2. The van der Waals surface area contributed by atoms with E-state index in [1.165, 1.54) is 58.2 Å². The van der Waals surface area contributed by atoms with Crippen LogP contribution in [0, 0.1) is 5.92 Å². The molecule has 5 heteroatoms. The Balaban J connectivity index is 1.36. The molecule has 1 aromatic rings. The number of rotatable bonds is 4. The molecule has 3 aliphatic rings. The maximum Gasteiger partial charge on any atom is 0.135 e. The van der Waals surface area contributed by atoms with Gasteiger partial charge in [0.2, 0.25) is 0 Å². The van der Waals surface area contributed by atoms with Gasteiger partial charge in [-0.05, 0) is 57.5 Å². The number of likely N-dealkylation sites (tertiary alicyclic amines) is 1. The third-order valence-corrected chi connectivity index (χ3v) is 5.49. The molecule has 3 fully saturated rings. The molecule has 2 aliphatic heterocycles. The summed E-state index contributed by atoms with van der Waals surface area (Å²) in [5.74, 6) is 3.42. The van der Waals surface area contributed by atoms with Crippen molar-refractivity contribution in [3.05, 3.63) is 17.0 Å². The van der Waals surface area contributed by atoms with Gasteiger partial charge in [0.25, 0.3) is 0 Å². The normalized spacial score (nSPS) is 24.1. The molecule has 120 valence electrons. The van der Waals surface area contributed by atoms with Crippen molar-refractivity contribution in [3.8, 4) is 0 Å². The lowest BCUT2D eigenvalue weighted by molar-refractivity contribution is 0.249. The van der Waals surface area contributed by atoms with Crippen molar-refractivity contribution in [2.24, 2.45) is 5.92 Å². The quantitative estimate of drug-likeness (QED) is 0.797. The second-order valence-corrected chi connectivity index (χ2v) is 7.51. The van der Waals surface area contributed by atoms with Crippen LogP contribution in [-0.2, 0) is 0 Å². The number of halogens is 1. The van der Waals surface area contributed by atoms with Crippen LogP contribution in [0.2, 0.25) is 5.15 Å². The van der Waals surface area contributed by atoms with E-state index in [4.69, 9.17) is 16.6 Å². The Morgan fingerprint density at radius 3 is 2.41 bits per heavy atom. The van der Waals surface area contributed by atoms with Gasteiger partial charge < -0.3 is 9.80 Å². The van der Waals surface area contributed by atoms with Crippen LogP contribution in [-0.4, -0.2) is 47.6 Å². The molecule has 1 aliphatic carbocycles. The van der Waals surface area contributed by atoms with E-state index in [1.54, 1.807) is 0 Å². The molecular formula is C17H25ClN4. The van der Waals surface area contributed by atoms with E-state index in [2.05, 4.69) is 14.8 Å². The van der Waals surface area contributed by atoms with Crippen LogP contribution < -0.4 is 4.90 Å². The summed E-state index contributed by atoms with van der Waals surface area (Å²) in [5.41, 5.74) is 0. The van der Waals surface area contributed by atoms with Crippen LogP contribution in [0.1, 0.15) is 50.3 Å². The molecule has 0 bridgehead atoms. The summed E-state index contributed by atoms with van der Waals surface area (Å²) in [6, 6.07) is 1.94. The number of aromatic nitrogens is 2. The van der Waals surface area contributed by atoms with E-state index in [0.717, 1.165) is 30.6 Å². The zero-order valence-corrected chi connectivity index (χ0v) is 13.9. The largest absolute Gasteiger partial charge is 0.356 e. The third kappa shape index (κ3) is 3.38. The van der Waals surface area contributed by atoms with Crippen molar-refractivity contribution in [1.82, 2.24) is 14.9 Å². The van der Waals surface area contributed by atoms with Gasteiger partial charge in [-0.3, -0.25) is 0 Å². The zero-order valence-electron chi connectivity index (χ0n) is 13.2. The maximum atomic E-state index is 6.20. The van der Waals surface area contributed by atoms with Crippen LogP contribution in [0.4, 0.5) is 5.82 Å². The molecule has 0 N–H and O–H groups in total. The van der Waals surface area contributed by atoms with E-state index >= 15 is 0 Å². The Hall–Kier alpha value is -0.870. The highest BCUT2D eigenvalue weighted by Crippen LogP contribution is 2.39. The van der Waals surface area contributed by atoms with Crippen molar-refractivity contribution in [2.45, 2.75) is 44.4 Å². The first-order chi connectivity index (χ1) is 10.8. The predicted molar refractivity (Wildman–Crippen MR) is 89.6 cm³/mol. The van der Waals surface area contributed by atoms with E-state index in [1.807, 2.05) is 6.07 Å². The Labute approximate surface area is 137 Å². The van der Waals surface area contributed by atoms with Gasteiger partial charge in [0, 0.05) is 31.6 Å². The van der Waals surface area contributed by atoms with Crippen LogP contribution in [0.3, 0.4) is 0 Å². The van der Waals surface area contributed by atoms with Crippen molar-refractivity contribution >= 4 is 17.4 Å². The lowest BCUT2D eigenvalue weighted by atomic mass is 9.96. The first-order valence-corrected chi connectivity index (χ1v) is 9.17. The summed E-state index contributed by atoms with van der Waals surface area (Å²) in [6.07, 6.45) is 7.77. The monoisotopic (exact) mass is 320 g/mol. The molecule has 0 amide bonds. The highest BCUT2D eigenvalue weighted by molar-refractivity contribution is 6.29. The molecule has 1 saturated carbocycles. The van der Waals surface area contributed by atoms with Crippen molar-refractivity contribution in [1.29, 1.82) is 0 Å². The number of hydrogen-bond donors (Lipinski definition) is 0. The molecule has 0 radical (unpaired) electrons. The summed E-state index contributed by atoms with van der Waals surface area (Å²) >= 11 is 6.20. The second kappa shape index (κ2) is 6.32. The average Bonchev–Trinajstić information content (AvgIpc) is 3.26. The fourth-order valence-corrected chi connectivity index (χ4v) is 3.97. The summed E-state index contributed by atoms with van der Waals surface area (Å²) in [5, 5.41) is 0.603. The molecule has 0 atom stereocenters. The van der Waals surface area contributed by atoms with Crippen molar-refractivity contribution in [3.63, 3.8) is 0 Å². The van der Waals surface area contributed by atoms with Crippen LogP contribution >= 0.6 is 11.6 Å². The number of piperidine rings is 1. The molecule has 0 unspecified atom stereocenters. The van der Waals surface area contributed by atoms with Crippen molar-refractivity contribution < 1.29 is 0 Å². The Morgan fingerprint density at radius 2 is 1.73 bits per heavy atom. The van der Waals surface area contributed by atoms with E-state index in [0.29, 0.717) is 11.1 Å². The zero-order chi connectivity index (χ0) is 14.9. The topological polar surface area (TPSA) is 32.3 Å². The summed E-state index contributed by atoms with van der Waals surface area (Å²) in [6.45, 7) is 6.14. The van der Waals surface area contributed by atoms with E-state index < -0.39 is 0 Å². The molecule has 22 heavy (non-hydrogen) atoms. The molecular weight excluding hydrogens is 296 g/mol. The molecule has 0 aromatic carbocycles. The maximum absolute atomic E-state index is 6.20. The number of nitrogens with zero attached hydrogens (tertiary/aromatic N) is 4. The number of anilines is 1. The minimum absolute atomic E-state index is 0.560. The van der Waals surface area contributed by atoms with Gasteiger partial charge in [-0.25, -0.2) is 9.97 Å². The van der Waals surface area contributed by atoms with Gasteiger partial charge >= 0.3 is 0 Å². The Morgan fingerprint density at radius 1 is 1.00 bits per heavy atom. The van der Waals surface area contributed by atoms with Crippen LogP contribution in [0.15, 0.2) is 6.07 Å². The molecule has 0 spiro atoms. The van der Waals surface area contributed by atoms with Gasteiger partial charge in [-0.2, -0.15) is 0 Å². The van der Waals surface area contributed by atoms with Gasteiger partial charge in [0.05, 0.1) is 0 Å². The fourth-order valence-electron chi connectivity index (χ4n) is 3.78. The van der Waals surface area contributed by atoms with Crippen molar-refractivity contribution in [2.75, 3.05) is 37.6 Å².